The lowest BCUT2D eigenvalue weighted by Gasteiger charge is -2.22. The number of rotatable bonds is 4. The van der Waals surface area contributed by atoms with Gasteiger partial charge in [-0.15, -0.1) is 0 Å². The van der Waals surface area contributed by atoms with E-state index in [0.29, 0.717) is 0 Å². The van der Waals surface area contributed by atoms with E-state index in [1.807, 2.05) is 4.98 Å². The summed E-state index contributed by atoms with van der Waals surface area (Å²) in [6, 6.07) is -0.295. The van der Waals surface area contributed by atoms with Crippen LogP contribution in [0.15, 0.2) is 21.9 Å². The number of alkyl carbamates (subject to hydrolysis) is 1. The molecule has 1 aromatic rings. The van der Waals surface area contributed by atoms with Crippen LogP contribution in [0.4, 0.5) is 4.79 Å². The zero-order chi connectivity index (χ0) is 16.2. The standard InChI is InChI=1S/C12H17N3O6/c1-12(2,3)21-11(20)13-7(9(17)18)6-15-5-4-8(16)14-10(15)19/h4-5,7H,6H2,1-3H3,(H,13,20)(H,17,18)(H,14,16,19). The first-order chi connectivity index (χ1) is 9.58. The summed E-state index contributed by atoms with van der Waals surface area (Å²) in [5.74, 6) is -1.33. The molecule has 21 heavy (non-hydrogen) atoms. The number of carbonyl (C=O) groups excluding carboxylic acids is 1. The minimum atomic E-state index is -1.37. The third-order valence-electron chi connectivity index (χ3n) is 2.27. The molecule has 0 bridgehead atoms. The molecule has 0 aliphatic rings. The summed E-state index contributed by atoms with van der Waals surface area (Å²) in [7, 11) is 0. The van der Waals surface area contributed by atoms with Crippen molar-refractivity contribution in [3.05, 3.63) is 33.1 Å². The van der Waals surface area contributed by atoms with Crippen LogP contribution < -0.4 is 16.6 Å². The third kappa shape index (κ3) is 5.51. The average Bonchev–Trinajstić information content (AvgIpc) is 2.28. The fourth-order valence-electron chi connectivity index (χ4n) is 1.42. The smallest absolute Gasteiger partial charge is 0.408 e. The van der Waals surface area contributed by atoms with E-state index in [4.69, 9.17) is 9.84 Å². The van der Waals surface area contributed by atoms with Gasteiger partial charge in [-0.1, -0.05) is 0 Å². The van der Waals surface area contributed by atoms with E-state index >= 15 is 0 Å². The molecule has 9 nitrogen and oxygen atoms in total. The second-order valence-corrected chi connectivity index (χ2v) is 5.30. The van der Waals surface area contributed by atoms with Gasteiger partial charge in [0.2, 0.25) is 0 Å². The zero-order valence-electron chi connectivity index (χ0n) is 11.9. The predicted molar refractivity (Wildman–Crippen MR) is 72.1 cm³/mol. The molecule has 116 valence electrons. The van der Waals surface area contributed by atoms with Gasteiger partial charge in [-0.25, -0.2) is 14.4 Å². The first-order valence-electron chi connectivity index (χ1n) is 6.10. The van der Waals surface area contributed by atoms with E-state index < -0.39 is 35.0 Å². The molecule has 0 aromatic carbocycles. The average molecular weight is 299 g/mol. The molecule has 0 fully saturated rings. The van der Waals surface area contributed by atoms with Gasteiger partial charge in [0.1, 0.15) is 11.6 Å². The number of hydrogen-bond donors (Lipinski definition) is 3. The second-order valence-electron chi connectivity index (χ2n) is 5.30. The summed E-state index contributed by atoms with van der Waals surface area (Å²) >= 11 is 0. The number of aromatic amines is 1. The van der Waals surface area contributed by atoms with Crippen molar-refractivity contribution >= 4 is 12.1 Å². The molecule has 0 saturated heterocycles. The van der Waals surface area contributed by atoms with Crippen LogP contribution in [0, 0.1) is 0 Å². The minimum Gasteiger partial charge on any atom is -0.480 e. The lowest BCUT2D eigenvalue weighted by atomic mass is 10.2. The Kier molecular flexibility index (Phi) is 4.90. The number of aromatic nitrogens is 2. The zero-order valence-corrected chi connectivity index (χ0v) is 11.9. The summed E-state index contributed by atoms with van der Waals surface area (Å²) in [6.07, 6.45) is 0.237. The molecule has 0 aliphatic heterocycles. The van der Waals surface area contributed by atoms with E-state index in [9.17, 15) is 19.2 Å². The molecule has 3 N–H and O–H groups in total. The van der Waals surface area contributed by atoms with Gasteiger partial charge in [0.25, 0.3) is 5.56 Å². The van der Waals surface area contributed by atoms with Crippen LogP contribution >= 0.6 is 0 Å². The number of carbonyl (C=O) groups is 2. The van der Waals surface area contributed by atoms with Crippen molar-refractivity contribution in [2.75, 3.05) is 0 Å². The molecule has 0 saturated carbocycles. The SMILES string of the molecule is CC(C)(C)OC(=O)NC(Cn1ccc(=O)[nH]c1=O)C(=O)O. The van der Waals surface area contributed by atoms with Crippen molar-refractivity contribution in [2.45, 2.75) is 39.0 Å². The van der Waals surface area contributed by atoms with Crippen molar-refractivity contribution in [3.63, 3.8) is 0 Å². The molecule has 1 aromatic heterocycles. The van der Waals surface area contributed by atoms with Crippen molar-refractivity contribution in [1.29, 1.82) is 0 Å². The van der Waals surface area contributed by atoms with Crippen LogP contribution in [0.3, 0.4) is 0 Å². The highest BCUT2D eigenvalue weighted by molar-refractivity contribution is 5.79. The van der Waals surface area contributed by atoms with Crippen LogP contribution in [0.1, 0.15) is 20.8 Å². The predicted octanol–water partition coefficient (Wildman–Crippen LogP) is -0.485. The Hall–Kier alpha value is -2.58. The maximum atomic E-state index is 11.6. The number of hydrogen-bond acceptors (Lipinski definition) is 5. The van der Waals surface area contributed by atoms with E-state index in [0.717, 1.165) is 16.8 Å². The van der Waals surface area contributed by atoms with Crippen LogP contribution in [-0.2, 0) is 16.1 Å². The lowest BCUT2D eigenvalue weighted by molar-refractivity contribution is -0.139. The summed E-state index contributed by atoms with van der Waals surface area (Å²) in [5.41, 5.74) is -2.13. The Balaban J connectivity index is 2.84. The topological polar surface area (TPSA) is 130 Å². The van der Waals surface area contributed by atoms with Gasteiger partial charge >= 0.3 is 17.8 Å². The first kappa shape index (κ1) is 16.5. The molecule has 0 aliphatic carbocycles. The van der Waals surface area contributed by atoms with Crippen LogP contribution in [0.2, 0.25) is 0 Å². The molecule has 1 heterocycles. The largest absolute Gasteiger partial charge is 0.480 e. The summed E-state index contributed by atoms with van der Waals surface area (Å²) in [4.78, 5) is 47.1. The molecular formula is C12H17N3O6. The number of carboxylic acid groups (broad SMARTS) is 1. The molecule has 0 radical (unpaired) electrons. The monoisotopic (exact) mass is 299 g/mol. The molecular weight excluding hydrogens is 282 g/mol. The van der Waals surface area contributed by atoms with Gasteiger partial charge in [0, 0.05) is 12.3 Å². The maximum absolute atomic E-state index is 11.6. The van der Waals surface area contributed by atoms with Crippen molar-refractivity contribution in [3.8, 4) is 0 Å². The minimum absolute atomic E-state index is 0.343. The van der Waals surface area contributed by atoms with Crippen molar-refractivity contribution in [2.24, 2.45) is 0 Å². The number of nitrogens with zero attached hydrogens (tertiary/aromatic N) is 1. The van der Waals surface area contributed by atoms with Gasteiger partial charge in [-0.3, -0.25) is 14.3 Å². The highest BCUT2D eigenvalue weighted by Crippen LogP contribution is 2.06. The number of amides is 1. The summed E-state index contributed by atoms with van der Waals surface area (Å²) < 4.78 is 5.92. The number of ether oxygens (including phenoxy) is 1. The summed E-state index contributed by atoms with van der Waals surface area (Å²) in [5, 5.41) is 11.2. The van der Waals surface area contributed by atoms with Gasteiger partial charge < -0.3 is 15.2 Å². The lowest BCUT2D eigenvalue weighted by Crippen LogP contribution is -2.47. The molecule has 1 unspecified atom stereocenters. The van der Waals surface area contributed by atoms with E-state index in [1.54, 1.807) is 20.8 Å². The third-order valence-corrected chi connectivity index (χ3v) is 2.27. The van der Waals surface area contributed by atoms with E-state index in [2.05, 4.69) is 5.32 Å². The van der Waals surface area contributed by atoms with Crippen molar-refractivity contribution < 1.29 is 19.4 Å². The van der Waals surface area contributed by atoms with Gasteiger partial charge in [0.05, 0.1) is 6.54 Å². The Bertz CT molecular complexity index is 639. The molecule has 0 spiro atoms. The van der Waals surface area contributed by atoms with Crippen LogP contribution in [0.5, 0.6) is 0 Å². The maximum Gasteiger partial charge on any atom is 0.408 e. The van der Waals surface area contributed by atoms with Crippen LogP contribution in [0.25, 0.3) is 0 Å². The first-order valence-corrected chi connectivity index (χ1v) is 6.10. The molecule has 1 rings (SSSR count). The van der Waals surface area contributed by atoms with Crippen LogP contribution in [-0.4, -0.2) is 38.4 Å². The Morgan fingerprint density at radius 3 is 2.52 bits per heavy atom. The Morgan fingerprint density at radius 2 is 2.05 bits per heavy atom. The highest BCUT2D eigenvalue weighted by atomic mass is 16.6. The normalized spacial score (nSPS) is 12.5. The fourth-order valence-corrected chi connectivity index (χ4v) is 1.42. The number of carboxylic acids is 1. The van der Waals surface area contributed by atoms with Crippen molar-refractivity contribution in [1.82, 2.24) is 14.9 Å². The molecule has 1 amide bonds. The molecule has 1 atom stereocenters. The fraction of sp³-hybridized carbons (Fsp3) is 0.500. The highest BCUT2D eigenvalue weighted by Gasteiger charge is 2.24. The van der Waals surface area contributed by atoms with Gasteiger partial charge in [-0.05, 0) is 20.8 Å². The van der Waals surface area contributed by atoms with E-state index in [1.165, 1.54) is 0 Å². The van der Waals surface area contributed by atoms with E-state index in [-0.39, 0.29) is 6.54 Å². The molecule has 9 heteroatoms. The Labute approximate surface area is 119 Å². The number of H-pyrrole nitrogens is 1. The number of aliphatic carboxylic acids is 1. The Morgan fingerprint density at radius 1 is 1.43 bits per heavy atom. The second kappa shape index (κ2) is 6.25. The number of nitrogens with one attached hydrogen (secondary N) is 2. The summed E-state index contributed by atoms with van der Waals surface area (Å²) in [6.45, 7) is 4.56. The van der Waals surface area contributed by atoms with Gasteiger partial charge in [0.15, 0.2) is 0 Å². The quantitative estimate of drug-likeness (QED) is 0.688. The van der Waals surface area contributed by atoms with Gasteiger partial charge in [-0.2, -0.15) is 0 Å².